The Morgan fingerprint density at radius 1 is 1.37 bits per heavy atom. The third-order valence-corrected chi connectivity index (χ3v) is 3.47. The number of aromatic nitrogens is 1. The number of oxazole rings is 1. The number of hydrogen-bond donors (Lipinski definition) is 1. The number of nitrogens with one attached hydrogen (secondary N) is 1. The van der Waals surface area contributed by atoms with Crippen LogP contribution >= 0.6 is 0 Å². The minimum absolute atomic E-state index is 0.278. The molecule has 0 aliphatic heterocycles. The number of nitrogens with zero attached hydrogens (tertiary/aromatic N) is 1. The molecule has 1 atom stereocenters. The van der Waals surface area contributed by atoms with E-state index >= 15 is 0 Å². The highest BCUT2D eigenvalue weighted by molar-refractivity contribution is 5.73. The normalized spacial score (nSPS) is 13.3. The molecule has 0 fully saturated rings. The van der Waals surface area contributed by atoms with Gasteiger partial charge in [0.25, 0.3) is 0 Å². The van der Waals surface area contributed by atoms with Gasteiger partial charge in [0.05, 0.1) is 5.52 Å². The molecule has 1 heterocycles. The number of rotatable bonds is 5. The molecular formula is C15H22N2O2. The van der Waals surface area contributed by atoms with Crippen molar-refractivity contribution in [2.45, 2.75) is 39.8 Å². The Labute approximate surface area is 113 Å². The predicted octanol–water partition coefficient (Wildman–Crippen LogP) is 2.92. The molecule has 0 bridgehead atoms. The van der Waals surface area contributed by atoms with Gasteiger partial charge in [-0.05, 0) is 44.0 Å². The fourth-order valence-electron chi connectivity index (χ4n) is 2.49. The van der Waals surface area contributed by atoms with Crippen LogP contribution in [0.1, 0.15) is 38.8 Å². The van der Waals surface area contributed by atoms with Gasteiger partial charge in [0.2, 0.25) is 0 Å². The highest BCUT2D eigenvalue weighted by Gasteiger charge is 2.14. The Kier molecular flexibility index (Phi) is 4.10. The lowest BCUT2D eigenvalue weighted by molar-refractivity contribution is 0.456. The Morgan fingerprint density at radius 2 is 2.11 bits per heavy atom. The number of benzene rings is 1. The molecule has 1 N–H and O–H groups in total. The summed E-state index contributed by atoms with van der Waals surface area (Å²) in [5.41, 5.74) is 2.71. The minimum Gasteiger partial charge on any atom is -0.408 e. The fraction of sp³-hybridized carbons (Fsp3) is 0.533. The van der Waals surface area contributed by atoms with E-state index in [1.807, 2.05) is 26.1 Å². The Morgan fingerprint density at radius 3 is 2.68 bits per heavy atom. The van der Waals surface area contributed by atoms with E-state index in [1.165, 1.54) is 5.56 Å². The van der Waals surface area contributed by atoms with Crippen LogP contribution in [0.5, 0.6) is 0 Å². The van der Waals surface area contributed by atoms with Crippen molar-refractivity contribution in [3.63, 3.8) is 0 Å². The molecule has 4 heteroatoms. The monoisotopic (exact) mass is 262 g/mol. The largest absolute Gasteiger partial charge is 0.419 e. The lowest BCUT2D eigenvalue weighted by Crippen LogP contribution is -2.18. The van der Waals surface area contributed by atoms with Gasteiger partial charge in [-0.2, -0.15) is 0 Å². The van der Waals surface area contributed by atoms with Crippen LogP contribution in [0.15, 0.2) is 27.4 Å². The van der Waals surface area contributed by atoms with Crippen molar-refractivity contribution in [2.75, 3.05) is 7.05 Å². The Bertz CT molecular complexity index is 610. The van der Waals surface area contributed by atoms with Crippen LogP contribution in [0.2, 0.25) is 0 Å². The van der Waals surface area contributed by atoms with Crippen molar-refractivity contribution in [1.82, 2.24) is 9.88 Å². The lowest BCUT2D eigenvalue weighted by Gasteiger charge is -2.18. The lowest BCUT2D eigenvalue weighted by atomic mass is 9.97. The minimum atomic E-state index is -0.278. The van der Waals surface area contributed by atoms with Gasteiger partial charge in [-0.3, -0.25) is 4.57 Å². The first kappa shape index (κ1) is 13.9. The zero-order valence-electron chi connectivity index (χ0n) is 12.1. The molecule has 1 aromatic carbocycles. The van der Waals surface area contributed by atoms with Crippen molar-refractivity contribution < 1.29 is 4.42 Å². The van der Waals surface area contributed by atoms with Crippen molar-refractivity contribution in [1.29, 1.82) is 0 Å². The van der Waals surface area contributed by atoms with Gasteiger partial charge >= 0.3 is 5.76 Å². The quantitative estimate of drug-likeness (QED) is 0.901. The fourth-order valence-corrected chi connectivity index (χ4v) is 2.49. The first-order valence-electron chi connectivity index (χ1n) is 6.87. The first-order chi connectivity index (χ1) is 9.06. The van der Waals surface area contributed by atoms with E-state index in [2.05, 4.69) is 25.2 Å². The average Bonchev–Trinajstić information content (AvgIpc) is 2.69. The summed E-state index contributed by atoms with van der Waals surface area (Å²) in [6, 6.07) is 6.32. The molecule has 19 heavy (non-hydrogen) atoms. The van der Waals surface area contributed by atoms with Gasteiger partial charge < -0.3 is 9.73 Å². The summed E-state index contributed by atoms with van der Waals surface area (Å²) in [4.78, 5) is 11.7. The van der Waals surface area contributed by atoms with E-state index < -0.39 is 0 Å². The maximum atomic E-state index is 11.7. The molecule has 0 saturated heterocycles. The van der Waals surface area contributed by atoms with E-state index in [-0.39, 0.29) is 5.76 Å². The molecular weight excluding hydrogens is 240 g/mol. The van der Waals surface area contributed by atoms with Crippen LogP contribution in [0.4, 0.5) is 0 Å². The van der Waals surface area contributed by atoms with E-state index in [1.54, 1.807) is 4.57 Å². The van der Waals surface area contributed by atoms with Gasteiger partial charge in [-0.1, -0.05) is 19.9 Å². The second-order valence-electron chi connectivity index (χ2n) is 5.31. The van der Waals surface area contributed by atoms with Crippen molar-refractivity contribution in [2.24, 2.45) is 5.92 Å². The van der Waals surface area contributed by atoms with Gasteiger partial charge in [0.1, 0.15) is 0 Å². The van der Waals surface area contributed by atoms with Crippen LogP contribution in [-0.4, -0.2) is 11.6 Å². The van der Waals surface area contributed by atoms with Gasteiger partial charge in [-0.25, -0.2) is 4.79 Å². The zero-order valence-corrected chi connectivity index (χ0v) is 12.1. The van der Waals surface area contributed by atoms with Gasteiger partial charge in [-0.15, -0.1) is 0 Å². The third kappa shape index (κ3) is 2.73. The van der Waals surface area contributed by atoms with Gasteiger partial charge in [0, 0.05) is 12.6 Å². The number of fused-ring (bicyclic) bond motifs is 1. The molecule has 4 nitrogen and oxygen atoms in total. The molecule has 0 aliphatic rings. The summed E-state index contributed by atoms with van der Waals surface area (Å²) >= 11 is 0. The highest BCUT2D eigenvalue weighted by Crippen LogP contribution is 2.24. The molecule has 2 rings (SSSR count). The number of hydrogen-bond acceptors (Lipinski definition) is 3. The van der Waals surface area contributed by atoms with Gasteiger partial charge in [0.15, 0.2) is 5.58 Å². The van der Waals surface area contributed by atoms with E-state index in [0.29, 0.717) is 24.1 Å². The topological polar surface area (TPSA) is 47.2 Å². The summed E-state index contributed by atoms with van der Waals surface area (Å²) in [5, 5.41) is 3.32. The summed E-state index contributed by atoms with van der Waals surface area (Å²) in [5.74, 6) is 0.333. The summed E-state index contributed by atoms with van der Waals surface area (Å²) in [6.45, 7) is 6.99. The van der Waals surface area contributed by atoms with Crippen LogP contribution in [0, 0.1) is 5.92 Å². The van der Waals surface area contributed by atoms with Crippen molar-refractivity contribution in [3.05, 3.63) is 34.3 Å². The molecule has 0 aliphatic carbocycles. The van der Waals surface area contributed by atoms with E-state index in [9.17, 15) is 4.79 Å². The second-order valence-corrected chi connectivity index (χ2v) is 5.31. The molecule has 0 spiro atoms. The predicted molar refractivity (Wildman–Crippen MR) is 77.4 cm³/mol. The molecule has 104 valence electrons. The zero-order chi connectivity index (χ0) is 14.0. The average molecular weight is 262 g/mol. The molecule has 1 aromatic heterocycles. The summed E-state index contributed by atoms with van der Waals surface area (Å²) in [6.07, 6.45) is 1.06. The molecule has 0 saturated carbocycles. The summed E-state index contributed by atoms with van der Waals surface area (Å²) in [7, 11) is 1.96. The summed E-state index contributed by atoms with van der Waals surface area (Å²) < 4.78 is 6.96. The van der Waals surface area contributed by atoms with Crippen LogP contribution in [0.3, 0.4) is 0 Å². The van der Waals surface area contributed by atoms with Crippen LogP contribution in [0.25, 0.3) is 11.1 Å². The smallest absolute Gasteiger partial charge is 0.408 e. The van der Waals surface area contributed by atoms with E-state index in [4.69, 9.17) is 4.42 Å². The number of aryl methyl sites for hydroxylation is 1. The highest BCUT2D eigenvalue weighted by atomic mass is 16.4. The Balaban J connectivity index is 2.43. The van der Waals surface area contributed by atoms with Crippen LogP contribution in [-0.2, 0) is 6.54 Å². The standard InChI is InChI=1S/C15H22N2O2/c1-5-17-13-7-6-11(9-14(13)19-15(17)18)12(16-4)8-10(2)3/h6-7,9-10,12,16H,5,8H2,1-4H3. The molecule has 0 amide bonds. The first-order valence-corrected chi connectivity index (χ1v) is 6.87. The second kappa shape index (κ2) is 5.61. The SMILES string of the molecule is CCn1c(=O)oc2cc(C(CC(C)C)NC)ccc21. The maximum absolute atomic E-state index is 11.7. The Hall–Kier alpha value is -1.55. The van der Waals surface area contributed by atoms with Crippen LogP contribution < -0.4 is 11.1 Å². The molecule has 0 radical (unpaired) electrons. The van der Waals surface area contributed by atoms with E-state index in [0.717, 1.165) is 11.9 Å². The maximum Gasteiger partial charge on any atom is 0.419 e. The van der Waals surface area contributed by atoms with Crippen molar-refractivity contribution >= 4 is 11.1 Å². The molecule has 2 aromatic rings. The molecule has 1 unspecified atom stereocenters. The third-order valence-electron chi connectivity index (χ3n) is 3.47. The van der Waals surface area contributed by atoms with Crippen molar-refractivity contribution in [3.8, 4) is 0 Å².